The fraction of sp³-hybridized carbons (Fsp3) is 0.455. The third kappa shape index (κ3) is 5.93. The van der Waals surface area contributed by atoms with Crippen molar-refractivity contribution in [3.63, 3.8) is 0 Å². The zero-order valence-corrected chi connectivity index (χ0v) is 8.05. The van der Waals surface area contributed by atoms with Gasteiger partial charge in [0, 0.05) is 6.61 Å². The lowest BCUT2D eigenvalue weighted by Crippen LogP contribution is -1.96. The summed E-state index contributed by atoms with van der Waals surface area (Å²) in [4.78, 5) is 0. The van der Waals surface area contributed by atoms with Crippen LogP contribution in [0.1, 0.15) is 20.3 Å². The third-order valence-corrected chi connectivity index (χ3v) is 1.55. The Morgan fingerprint density at radius 1 is 1.50 bits per heavy atom. The van der Waals surface area contributed by atoms with Crippen LogP contribution in [0.15, 0.2) is 36.5 Å². The van der Waals surface area contributed by atoms with Crippen LogP contribution < -0.4 is 0 Å². The van der Waals surface area contributed by atoms with Gasteiger partial charge in [-0.05, 0) is 25.8 Å². The van der Waals surface area contributed by atoms with Gasteiger partial charge in [-0.25, -0.2) is 0 Å². The molecule has 0 N–H and O–H groups in total. The van der Waals surface area contributed by atoms with Crippen LogP contribution in [0, 0.1) is 0 Å². The van der Waals surface area contributed by atoms with Crippen molar-refractivity contribution < 1.29 is 4.74 Å². The minimum absolute atomic E-state index is 0.745. The summed E-state index contributed by atoms with van der Waals surface area (Å²) < 4.78 is 5.29. The first-order chi connectivity index (χ1) is 5.85. The van der Waals surface area contributed by atoms with Crippen LogP contribution in [0.4, 0.5) is 0 Å². The number of hydrogen-bond donors (Lipinski definition) is 0. The van der Waals surface area contributed by atoms with Crippen molar-refractivity contribution >= 4 is 0 Å². The third-order valence-electron chi connectivity index (χ3n) is 1.55. The van der Waals surface area contributed by atoms with E-state index in [9.17, 15) is 0 Å². The van der Waals surface area contributed by atoms with E-state index in [1.807, 2.05) is 19.9 Å². The molecule has 0 aromatic carbocycles. The van der Waals surface area contributed by atoms with Gasteiger partial charge in [-0.2, -0.15) is 0 Å². The first-order valence-electron chi connectivity index (χ1n) is 4.34. The summed E-state index contributed by atoms with van der Waals surface area (Å²) in [5.74, 6) is 0. The molecule has 0 aliphatic rings. The summed E-state index contributed by atoms with van der Waals surface area (Å²) in [7, 11) is 0. The maximum atomic E-state index is 5.29. The Morgan fingerprint density at radius 3 is 2.75 bits per heavy atom. The molecule has 0 spiro atoms. The Labute approximate surface area is 75.4 Å². The zero-order valence-electron chi connectivity index (χ0n) is 8.05. The summed E-state index contributed by atoms with van der Waals surface area (Å²) in [5.41, 5.74) is 1.31. The van der Waals surface area contributed by atoms with Crippen molar-refractivity contribution in [3.8, 4) is 0 Å². The van der Waals surface area contributed by atoms with E-state index in [1.165, 1.54) is 5.57 Å². The van der Waals surface area contributed by atoms with Crippen LogP contribution in [0.2, 0.25) is 0 Å². The number of rotatable bonds is 6. The molecule has 0 saturated heterocycles. The highest BCUT2D eigenvalue weighted by Gasteiger charge is 1.91. The van der Waals surface area contributed by atoms with Crippen molar-refractivity contribution in [2.75, 3.05) is 13.2 Å². The van der Waals surface area contributed by atoms with E-state index in [-0.39, 0.29) is 0 Å². The Bertz CT molecular complexity index is 166. The van der Waals surface area contributed by atoms with E-state index in [4.69, 9.17) is 4.74 Å². The molecule has 1 nitrogen and oxygen atoms in total. The van der Waals surface area contributed by atoms with Crippen molar-refractivity contribution in [2.24, 2.45) is 0 Å². The van der Waals surface area contributed by atoms with E-state index < -0.39 is 0 Å². The molecule has 0 bridgehead atoms. The average Bonchev–Trinajstić information content (AvgIpc) is 2.11. The standard InChI is InChI=1S/C11H18O/c1-4-7-8-9-11(5-2)10-12-6-3/h4-5,7-8H,1,6,9-10H2,2-3H3/b8-7-,11-5+. The molecule has 0 aromatic heterocycles. The monoisotopic (exact) mass is 166 g/mol. The van der Waals surface area contributed by atoms with Gasteiger partial charge in [-0.1, -0.05) is 30.9 Å². The van der Waals surface area contributed by atoms with Gasteiger partial charge in [0.1, 0.15) is 0 Å². The van der Waals surface area contributed by atoms with Crippen molar-refractivity contribution in [2.45, 2.75) is 20.3 Å². The summed E-state index contributed by atoms with van der Waals surface area (Å²) >= 11 is 0. The molecular formula is C11H18O. The molecule has 68 valence electrons. The molecule has 0 aromatic rings. The van der Waals surface area contributed by atoms with Gasteiger partial charge in [0.05, 0.1) is 6.61 Å². The van der Waals surface area contributed by atoms with E-state index in [2.05, 4.69) is 18.7 Å². The number of ether oxygens (including phenoxy) is 1. The van der Waals surface area contributed by atoms with E-state index >= 15 is 0 Å². The first-order valence-corrected chi connectivity index (χ1v) is 4.34. The van der Waals surface area contributed by atoms with Gasteiger partial charge in [0.25, 0.3) is 0 Å². The van der Waals surface area contributed by atoms with Crippen LogP contribution in [0.5, 0.6) is 0 Å². The molecule has 0 aliphatic carbocycles. The highest BCUT2D eigenvalue weighted by molar-refractivity contribution is 5.09. The summed E-state index contributed by atoms with van der Waals surface area (Å²) in [5, 5.41) is 0. The van der Waals surface area contributed by atoms with Gasteiger partial charge in [0.15, 0.2) is 0 Å². The molecule has 0 radical (unpaired) electrons. The lowest BCUT2D eigenvalue weighted by atomic mass is 10.2. The van der Waals surface area contributed by atoms with Crippen molar-refractivity contribution in [1.29, 1.82) is 0 Å². The number of allylic oxidation sites excluding steroid dienone is 4. The predicted octanol–water partition coefficient (Wildman–Crippen LogP) is 3.10. The molecule has 0 fully saturated rings. The minimum atomic E-state index is 0.745. The Kier molecular flexibility index (Phi) is 7.71. The Balaban J connectivity index is 3.68. The van der Waals surface area contributed by atoms with Crippen LogP contribution >= 0.6 is 0 Å². The topological polar surface area (TPSA) is 9.23 Å². The molecule has 0 saturated carbocycles. The zero-order chi connectivity index (χ0) is 9.23. The summed E-state index contributed by atoms with van der Waals surface area (Å²) in [6.07, 6.45) is 8.89. The highest BCUT2D eigenvalue weighted by Crippen LogP contribution is 2.02. The minimum Gasteiger partial charge on any atom is -0.377 e. The van der Waals surface area contributed by atoms with Crippen LogP contribution in [0.25, 0.3) is 0 Å². The maximum Gasteiger partial charge on any atom is 0.0679 e. The smallest absolute Gasteiger partial charge is 0.0679 e. The Hall–Kier alpha value is -0.820. The van der Waals surface area contributed by atoms with Crippen LogP contribution in [0.3, 0.4) is 0 Å². The SMILES string of the molecule is C=C/C=C\C/C(=C\C)COCC. The molecule has 0 amide bonds. The summed E-state index contributed by atoms with van der Waals surface area (Å²) in [6.45, 7) is 9.18. The Morgan fingerprint density at radius 2 is 2.25 bits per heavy atom. The van der Waals surface area contributed by atoms with Crippen LogP contribution in [-0.4, -0.2) is 13.2 Å². The second-order valence-corrected chi connectivity index (χ2v) is 2.45. The fourth-order valence-corrected chi connectivity index (χ4v) is 0.809. The molecule has 12 heavy (non-hydrogen) atoms. The highest BCUT2D eigenvalue weighted by atomic mass is 16.5. The molecule has 0 atom stereocenters. The molecule has 0 aliphatic heterocycles. The fourth-order valence-electron chi connectivity index (χ4n) is 0.809. The number of hydrogen-bond acceptors (Lipinski definition) is 1. The van der Waals surface area contributed by atoms with E-state index in [0.29, 0.717) is 0 Å². The molecule has 0 unspecified atom stereocenters. The lowest BCUT2D eigenvalue weighted by Gasteiger charge is -2.02. The maximum absolute atomic E-state index is 5.29. The quantitative estimate of drug-likeness (QED) is 0.435. The van der Waals surface area contributed by atoms with Gasteiger partial charge < -0.3 is 4.74 Å². The second kappa shape index (κ2) is 8.28. The van der Waals surface area contributed by atoms with Gasteiger partial charge >= 0.3 is 0 Å². The molecule has 0 rings (SSSR count). The van der Waals surface area contributed by atoms with Gasteiger partial charge in [0.2, 0.25) is 0 Å². The van der Waals surface area contributed by atoms with E-state index in [1.54, 1.807) is 6.08 Å². The largest absolute Gasteiger partial charge is 0.377 e. The molecule has 0 heterocycles. The van der Waals surface area contributed by atoms with Crippen molar-refractivity contribution in [1.82, 2.24) is 0 Å². The predicted molar refractivity (Wildman–Crippen MR) is 54.2 cm³/mol. The van der Waals surface area contributed by atoms with Gasteiger partial charge in [-0.15, -0.1) is 0 Å². The van der Waals surface area contributed by atoms with Crippen molar-refractivity contribution in [3.05, 3.63) is 36.5 Å². The molecular weight excluding hydrogens is 148 g/mol. The van der Waals surface area contributed by atoms with Crippen LogP contribution in [-0.2, 0) is 4.74 Å². The average molecular weight is 166 g/mol. The first kappa shape index (κ1) is 11.2. The van der Waals surface area contributed by atoms with E-state index in [0.717, 1.165) is 19.6 Å². The summed E-state index contributed by atoms with van der Waals surface area (Å²) in [6, 6.07) is 0. The normalized spacial score (nSPS) is 12.3. The molecule has 1 heteroatoms. The second-order valence-electron chi connectivity index (χ2n) is 2.45. The lowest BCUT2D eigenvalue weighted by molar-refractivity contribution is 0.169. The van der Waals surface area contributed by atoms with Gasteiger partial charge in [-0.3, -0.25) is 0 Å².